The second-order valence-corrected chi connectivity index (χ2v) is 8.38. The Kier molecular flexibility index (Phi) is 8.01. The molecule has 0 unspecified atom stereocenters. The van der Waals surface area contributed by atoms with Crippen LogP contribution in [0.5, 0.6) is 5.75 Å². The average molecular weight is 484 g/mol. The average Bonchev–Trinajstić information content (AvgIpc) is 3.30. The predicted octanol–water partition coefficient (Wildman–Crippen LogP) is 3.19. The second kappa shape index (κ2) is 10.8. The molecule has 0 saturated carbocycles. The number of esters is 1. The number of ether oxygens (including phenoxy) is 2. The lowest BCUT2D eigenvalue weighted by Crippen LogP contribution is -2.38. The van der Waals surface area contributed by atoms with Gasteiger partial charge in [-0.05, 0) is 38.6 Å². The fourth-order valence-corrected chi connectivity index (χ4v) is 4.66. The number of rotatable bonds is 9. The lowest BCUT2D eigenvalue weighted by Gasteiger charge is -2.29. The fraction of sp³-hybridized carbons (Fsp3) is 0.423. The first-order chi connectivity index (χ1) is 16.7. The van der Waals surface area contributed by atoms with Gasteiger partial charge in [-0.2, -0.15) is 0 Å². The standard InChI is InChI=1S/C26H33N3O6/c1-7-28(8-2)13-14-29-22(17-11-9-10-12-18(17)34-5)20(24(31)25(29)32)23(30)19-15(3)21(26(33)35-6)27-16(19)4/h9-12,22,27,30H,7-8,13-14H2,1-6H3/t22-/m1/s1. The van der Waals surface area contributed by atoms with Crippen LogP contribution >= 0.6 is 0 Å². The minimum atomic E-state index is -0.850. The van der Waals surface area contributed by atoms with Gasteiger partial charge in [0.25, 0.3) is 11.7 Å². The van der Waals surface area contributed by atoms with E-state index in [-0.39, 0.29) is 17.0 Å². The van der Waals surface area contributed by atoms with Crippen molar-refractivity contribution in [1.29, 1.82) is 0 Å². The SMILES string of the molecule is CCN(CC)CCN1C(=O)C(=O)C(=C(O)c2c(C)[nH]c(C(=O)OC)c2C)[C@H]1c1ccccc1OC. The number of nitrogens with zero attached hydrogens (tertiary/aromatic N) is 2. The first kappa shape index (κ1) is 26.0. The van der Waals surface area contributed by atoms with Gasteiger partial charge in [-0.25, -0.2) is 4.79 Å². The van der Waals surface area contributed by atoms with Crippen LogP contribution in [-0.2, 0) is 14.3 Å². The number of hydrogen-bond donors (Lipinski definition) is 2. The molecule has 1 aliphatic rings. The van der Waals surface area contributed by atoms with Gasteiger partial charge in [0.15, 0.2) is 0 Å². The van der Waals surface area contributed by atoms with E-state index in [0.29, 0.717) is 41.2 Å². The summed E-state index contributed by atoms with van der Waals surface area (Å²) in [7, 11) is 2.78. The molecule has 0 bridgehead atoms. The van der Waals surface area contributed by atoms with Crippen molar-refractivity contribution in [3.63, 3.8) is 0 Å². The summed E-state index contributed by atoms with van der Waals surface area (Å²) in [6.45, 7) is 9.88. The van der Waals surface area contributed by atoms with Crippen LogP contribution in [0, 0.1) is 13.8 Å². The molecule has 0 spiro atoms. The number of nitrogens with one attached hydrogen (secondary N) is 1. The maximum atomic E-state index is 13.4. The number of carbonyl (C=O) groups is 3. The van der Waals surface area contributed by atoms with Gasteiger partial charge >= 0.3 is 5.97 Å². The van der Waals surface area contributed by atoms with E-state index in [1.54, 1.807) is 38.1 Å². The maximum Gasteiger partial charge on any atom is 0.354 e. The van der Waals surface area contributed by atoms with Gasteiger partial charge in [-0.3, -0.25) is 9.59 Å². The van der Waals surface area contributed by atoms with Crippen molar-refractivity contribution in [3.05, 3.63) is 57.9 Å². The number of carbonyl (C=O) groups excluding carboxylic acids is 3. The Morgan fingerprint density at radius 2 is 1.80 bits per heavy atom. The number of benzene rings is 1. The van der Waals surface area contributed by atoms with Gasteiger partial charge in [0.1, 0.15) is 17.2 Å². The number of aliphatic hydroxyl groups excluding tert-OH is 1. The van der Waals surface area contributed by atoms with Crippen molar-refractivity contribution in [3.8, 4) is 5.75 Å². The molecule has 9 nitrogen and oxygen atoms in total. The monoisotopic (exact) mass is 483 g/mol. The second-order valence-electron chi connectivity index (χ2n) is 8.38. The molecule has 2 N–H and O–H groups in total. The molecular formula is C26H33N3O6. The van der Waals surface area contributed by atoms with Gasteiger partial charge in [-0.1, -0.05) is 32.0 Å². The van der Waals surface area contributed by atoms with Gasteiger partial charge < -0.3 is 29.4 Å². The quantitative estimate of drug-likeness (QED) is 0.244. The molecule has 0 radical (unpaired) electrons. The van der Waals surface area contributed by atoms with E-state index < -0.39 is 23.7 Å². The number of methoxy groups -OCH3 is 2. The summed E-state index contributed by atoms with van der Waals surface area (Å²) in [6, 6.07) is 6.28. The lowest BCUT2D eigenvalue weighted by molar-refractivity contribution is -0.140. The predicted molar refractivity (Wildman–Crippen MR) is 131 cm³/mol. The van der Waals surface area contributed by atoms with E-state index in [1.807, 2.05) is 13.8 Å². The van der Waals surface area contributed by atoms with E-state index in [4.69, 9.17) is 9.47 Å². The van der Waals surface area contributed by atoms with Crippen molar-refractivity contribution in [1.82, 2.24) is 14.8 Å². The third-order valence-corrected chi connectivity index (χ3v) is 6.59. The zero-order valence-electron chi connectivity index (χ0n) is 21.1. The number of para-hydroxylation sites is 1. The number of amides is 1. The third kappa shape index (κ3) is 4.68. The van der Waals surface area contributed by atoms with Crippen LogP contribution in [0.25, 0.3) is 5.76 Å². The summed E-state index contributed by atoms with van der Waals surface area (Å²) in [5.41, 5.74) is 1.94. The van der Waals surface area contributed by atoms with Gasteiger partial charge in [0.05, 0.1) is 25.8 Å². The highest BCUT2D eigenvalue weighted by molar-refractivity contribution is 6.46. The van der Waals surface area contributed by atoms with Gasteiger partial charge in [-0.15, -0.1) is 0 Å². The van der Waals surface area contributed by atoms with Crippen LogP contribution in [0.15, 0.2) is 29.8 Å². The number of aryl methyl sites for hydroxylation is 1. The van der Waals surface area contributed by atoms with Crippen molar-refractivity contribution >= 4 is 23.4 Å². The molecule has 35 heavy (non-hydrogen) atoms. The van der Waals surface area contributed by atoms with Crippen molar-refractivity contribution in [2.45, 2.75) is 33.7 Å². The molecular weight excluding hydrogens is 450 g/mol. The molecule has 9 heteroatoms. The van der Waals surface area contributed by atoms with E-state index in [1.165, 1.54) is 19.1 Å². The summed E-state index contributed by atoms with van der Waals surface area (Å²) in [5, 5.41) is 11.5. The Labute approximate surface area is 205 Å². The normalized spacial score (nSPS) is 17.3. The number of hydrogen-bond acceptors (Lipinski definition) is 7. The van der Waals surface area contributed by atoms with Crippen LogP contribution in [0.3, 0.4) is 0 Å². The van der Waals surface area contributed by atoms with E-state index in [2.05, 4.69) is 9.88 Å². The molecule has 1 fully saturated rings. The molecule has 1 saturated heterocycles. The van der Waals surface area contributed by atoms with Crippen molar-refractivity contribution < 1.29 is 29.0 Å². The van der Waals surface area contributed by atoms with Crippen LogP contribution in [0.1, 0.15) is 52.8 Å². The number of aromatic amines is 1. The highest BCUT2D eigenvalue weighted by Gasteiger charge is 2.47. The number of likely N-dealkylation sites (N-methyl/N-ethyl adjacent to an activating group) is 1. The van der Waals surface area contributed by atoms with Crippen LogP contribution in [0.2, 0.25) is 0 Å². The Morgan fingerprint density at radius 1 is 1.14 bits per heavy atom. The Hall–Kier alpha value is -3.59. The number of Topliss-reactive ketones (excluding diaryl/α,β-unsaturated/α-hetero) is 1. The minimum Gasteiger partial charge on any atom is -0.507 e. The number of likely N-dealkylation sites (tertiary alicyclic amines) is 1. The first-order valence-electron chi connectivity index (χ1n) is 11.6. The summed E-state index contributed by atoms with van der Waals surface area (Å²) in [5.74, 6) is -1.90. The topological polar surface area (TPSA) is 112 Å². The summed E-state index contributed by atoms with van der Waals surface area (Å²) in [6.07, 6.45) is 0. The molecule has 1 amide bonds. The van der Waals surface area contributed by atoms with E-state index in [0.717, 1.165) is 13.1 Å². The summed E-state index contributed by atoms with van der Waals surface area (Å²) in [4.78, 5) is 45.4. The first-order valence-corrected chi connectivity index (χ1v) is 11.6. The lowest BCUT2D eigenvalue weighted by atomic mass is 9.93. The van der Waals surface area contributed by atoms with E-state index in [9.17, 15) is 19.5 Å². The molecule has 1 aromatic heterocycles. The molecule has 2 aromatic rings. The van der Waals surface area contributed by atoms with Crippen LogP contribution in [-0.4, -0.2) is 77.9 Å². The Balaban J connectivity index is 2.23. The largest absolute Gasteiger partial charge is 0.507 e. The molecule has 1 aliphatic heterocycles. The number of aromatic nitrogens is 1. The van der Waals surface area contributed by atoms with Crippen molar-refractivity contribution in [2.24, 2.45) is 0 Å². The van der Waals surface area contributed by atoms with Gasteiger partial charge in [0.2, 0.25) is 0 Å². The van der Waals surface area contributed by atoms with Gasteiger partial charge in [0, 0.05) is 29.9 Å². The molecule has 0 aliphatic carbocycles. The summed E-state index contributed by atoms with van der Waals surface area (Å²) >= 11 is 0. The number of H-pyrrole nitrogens is 1. The molecule has 2 heterocycles. The summed E-state index contributed by atoms with van der Waals surface area (Å²) < 4.78 is 10.4. The maximum absolute atomic E-state index is 13.4. The highest BCUT2D eigenvalue weighted by Crippen LogP contribution is 2.43. The Morgan fingerprint density at radius 3 is 2.40 bits per heavy atom. The fourth-order valence-electron chi connectivity index (χ4n) is 4.66. The van der Waals surface area contributed by atoms with Crippen LogP contribution < -0.4 is 4.74 Å². The smallest absolute Gasteiger partial charge is 0.354 e. The van der Waals surface area contributed by atoms with Crippen LogP contribution in [0.4, 0.5) is 0 Å². The van der Waals surface area contributed by atoms with E-state index >= 15 is 0 Å². The zero-order valence-corrected chi connectivity index (χ0v) is 21.1. The number of aliphatic hydroxyl groups is 1. The molecule has 3 rings (SSSR count). The molecule has 1 aromatic carbocycles. The molecule has 188 valence electrons. The minimum absolute atomic E-state index is 0.0411. The van der Waals surface area contributed by atoms with Crippen molar-refractivity contribution in [2.75, 3.05) is 40.4 Å². The third-order valence-electron chi connectivity index (χ3n) is 6.59. The molecule has 1 atom stereocenters. The Bertz CT molecular complexity index is 1160. The highest BCUT2D eigenvalue weighted by atomic mass is 16.5. The zero-order chi connectivity index (χ0) is 25.9. The number of ketones is 1.